The fraction of sp³-hybridized carbons (Fsp3) is 0. The fourth-order valence-electron chi connectivity index (χ4n) is 2.49. The van der Waals surface area contributed by atoms with Crippen molar-refractivity contribution in [3.63, 3.8) is 0 Å². The number of nitriles is 1. The van der Waals surface area contributed by atoms with Crippen LogP contribution in [0.3, 0.4) is 0 Å². The van der Waals surface area contributed by atoms with E-state index in [0.717, 1.165) is 6.07 Å². The van der Waals surface area contributed by atoms with E-state index in [1.54, 1.807) is 18.2 Å². The summed E-state index contributed by atoms with van der Waals surface area (Å²) < 4.78 is 13.2. The number of nitrogens with one attached hydrogen (secondary N) is 1. The first-order valence-corrected chi connectivity index (χ1v) is 7.74. The molecule has 0 radical (unpaired) electrons. The molecule has 0 saturated carbocycles. The van der Waals surface area contributed by atoms with Crippen LogP contribution in [0.2, 0.25) is 5.02 Å². The smallest absolute Gasteiger partial charge is 0.337 e. The fourth-order valence-corrected chi connectivity index (χ4v) is 2.70. The lowest BCUT2D eigenvalue weighted by atomic mass is 10.1. The highest BCUT2D eigenvalue weighted by Gasteiger charge is 2.17. The molecule has 26 heavy (non-hydrogen) atoms. The third-order valence-corrected chi connectivity index (χ3v) is 4.08. The Labute approximate surface area is 152 Å². The molecule has 2 N–H and O–H groups in total. The minimum atomic E-state index is -1.29. The van der Waals surface area contributed by atoms with Crippen molar-refractivity contribution in [2.75, 3.05) is 5.32 Å². The summed E-state index contributed by atoms with van der Waals surface area (Å²) in [4.78, 5) is 23.9. The molecule has 7 heteroatoms. The van der Waals surface area contributed by atoms with Gasteiger partial charge in [0.25, 0.3) is 5.91 Å². The van der Waals surface area contributed by atoms with E-state index in [9.17, 15) is 19.1 Å². The minimum absolute atomic E-state index is 0.0179. The Balaban J connectivity index is 1.98. The Bertz CT molecular complexity index is 1110. The number of fused-ring (bicyclic) bond motifs is 1. The molecule has 0 aromatic heterocycles. The van der Waals surface area contributed by atoms with Crippen LogP contribution in [-0.2, 0) is 0 Å². The first-order valence-electron chi connectivity index (χ1n) is 7.36. The molecule has 1 amide bonds. The molecule has 0 atom stereocenters. The summed E-state index contributed by atoms with van der Waals surface area (Å²) in [5.41, 5.74) is 0.0303. The van der Waals surface area contributed by atoms with Gasteiger partial charge in [0.15, 0.2) is 0 Å². The number of amides is 1. The van der Waals surface area contributed by atoms with Gasteiger partial charge in [-0.1, -0.05) is 23.7 Å². The Hall–Kier alpha value is -3.43. The number of hydrogen-bond donors (Lipinski definition) is 2. The number of rotatable bonds is 3. The van der Waals surface area contributed by atoms with E-state index in [1.807, 2.05) is 6.07 Å². The van der Waals surface area contributed by atoms with E-state index in [0.29, 0.717) is 10.8 Å². The van der Waals surface area contributed by atoms with Crippen molar-refractivity contribution in [3.05, 3.63) is 76.1 Å². The minimum Gasteiger partial charge on any atom is -0.478 e. The van der Waals surface area contributed by atoms with E-state index in [4.69, 9.17) is 16.9 Å². The van der Waals surface area contributed by atoms with Crippen LogP contribution in [0.15, 0.2) is 48.5 Å². The quantitative estimate of drug-likeness (QED) is 0.714. The van der Waals surface area contributed by atoms with Gasteiger partial charge in [0.1, 0.15) is 11.9 Å². The average Bonchev–Trinajstić information content (AvgIpc) is 2.62. The van der Waals surface area contributed by atoms with Gasteiger partial charge in [-0.15, -0.1) is 0 Å². The zero-order chi connectivity index (χ0) is 18.8. The Kier molecular flexibility index (Phi) is 4.57. The second-order valence-corrected chi connectivity index (χ2v) is 5.86. The molecular weight excluding hydrogens is 359 g/mol. The van der Waals surface area contributed by atoms with Crippen LogP contribution in [0.5, 0.6) is 0 Å². The summed E-state index contributed by atoms with van der Waals surface area (Å²) in [7, 11) is 0. The van der Waals surface area contributed by atoms with Gasteiger partial charge >= 0.3 is 5.97 Å². The third-order valence-electron chi connectivity index (χ3n) is 3.77. The molecule has 0 fully saturated rings. The lowest BCUT2D eigenvalue weighted by Crippen LogP contribution is -2.15. The van der Waals surface area contributed by atoms with Crippen LogP contribution >= 0.6 is 11.6 Å². The van der Waals surface area contributed by atoms with Crippen molar-refractivity contribution in [1.82, 2.24) is 0 Å². The molecule has 0 aliphatic heterocycles. The molecule has 3 rings (SSSR count). The SMILES string of the molecule is N#Cc1cc(NC(=O)c2ccc3cc(F)ccc3c2)c(C(=O)O)cc1Cl. The van der Waals surface area contributed by atoms with Crippen LogP contribution in [0.4, 0.5) is 10.1 Å². The largest absolute Gasteiger partial charge is 0.478 e. The van der Waals surface area contributed by atoms with E-state index in [1.165, 1.54) is 24.3 Å². The molecule has 128 valence electrons. The molecule has 0 aliphatic carbocycles. The summed E-state index contributed by atoms with van der Waals surface area (Å²) >= 11 is 5.85. The van der Waals surface area contributed by atoms with E-state index in [-0.39, 0.29) is 33.2 Å². The molecule has 3 aromatic carbocycles. The first-order chi connectivity index (χ1) is 12.4. The third kappa shape index (κ3) is 3.34. The van der Waals surface area contributed by atoms with Crippen LogP contribution in [0.25, 0.3) is 10.8 Å². The Morgan fingerprint density at radius 3 is 2.46 bits per heavy atom. The van der Waals surface area contributed by atoms with Gasteiger partial charge in [-0.25, -0.2) is 9.18 Å². The second-order valence-electron chi connectivity index (χ2n) is 5.45. The standard InChI is InChI=1S/C19H10ClFN2O3/c20-16-8-15(19(25)26)17(7-13(16)9-22)23-18(24)12-2-1-11-6-14(21)4-3-10(11)5-12/h1-8H,(H,23,24)(H,25,26). The highest BCUT2D eigenvalue weighted by molar-refractivity contribution is 6.32. The van der Waals surface area contributed by atoms with Gasteiger partial charge in [-0.2, -0.15) is 5.26 Å². The Morgan fingerprint density at radius 2 is 1.77 bits per heavy atom. The maximum atomic E-state index is 13.2. The van der Waals surface area contributed by atoms with Gasteiger partial charge in [0.2, 0.25) is 0 Å². The molecule has 0 heterocycles. The van der Waals surface area contributed by atoms with Crippen molar-refractivity contribution < 1.29 is 19.1 Å². The van der Waals surface area contributed by atoms with Crippen molar-refractivity contribution in [2.45, 2.75) is 0 Å². The molecular formula is C19H10ClFN2O3. The number of benzene rings is 3. The first kappa shape index (κ1) is 17.4. The van der Waals surface area contributed by atoms with Crippen LogP contribution in [0.1, 0.15) is 26.3 Å². The van der Waals surface area contributed by atoms with Gasteiger partial charge in [-0.05, 0) is 47.2 Å². The topological polar surface area (TPSA) is 90.2 Å². The molecule has 0 unspecified atom stereocenters. The predicted molar refractivity (Wildman–Crippen MR) is 95.0 cm³/mol. The number of carbonyl (C=O) groups excluding carboxylic acids is 1. The molecule has 3 aromatic rings. The summed E-state index contributed by atoms with van der Waals surface area (Å²) in [5, 5.41) is 22.1. The number of carboxylic acids is 1. The molecule has 0 bridgehead atoms. The van der Waals surface area contributed by atoms with Gasteiger partial charge in [0.05, 0.1) is 21.8 Å². The number of carbonyl (C=O) groups is 2. The lowest BCUT2D eigenvalue weighted by Gasteiger charge is -2.10. The number of aromatic carboxylic acids is 1. The zero-order valence-electron chi connectivity index (χ0n) is 13.1. The van der Waals surface area contributed by atoms with Crippen molar-refractivity contribution in [1.29, 1.82) is 5.26 Å². The summed E-state index contributed by atoms with van der Waals surface area (Å²) in [6.45, 7) is 0. The van der Waals surface area contributed by atoms with Crippen LogP contribution < -0.4 is 5.32 Å². The number of halogens is 2. The van der Waals surface area contributed by atoms with Gasteiger partial charge < -0.3 is 10.4 Å². The van der Waals surface area contributed by atoms with Gasteiger partial charge in [0, 0.05) is 5.56 Å². The van der Waals surface area contributed by atoms with Crippen molar-refractivity contribution in [2.24, 2.45) is 0 Å². The monoisotopic (exact) mass is 368 g/mol. The number of hydrogen-bond acceptors (Lipinski definition) is 3. The number of nitrogens with zero attached hydrogens (tertiary/aromatic N) is 1. The van der Waals surface area contributed by atoms with E-state index in [2.05, 4.69) is 5.32 Å². The van der Waals surface area contributed by atoms with Crippen LogP contribution in [0, 0.1) is 17.1 Å². The average molecular weight is 369 g/mol. The van der Waals surface area contributed by atoms with E-state index >= 15 is 0 Å². The van der Waals surface area contributed by atoms with Gasteiger partial charge in [-0.3, -0.25) is 4.79 Å². The number of carboxylic acid groups (broad SMARTS) is 1. The molecule has 0 saturated heterocycles. The predicted octanol–water partition coefficient (Wildman–Crippen LogP) is 4.45. The molecule has 5 nitrogen and oxygen atoms in total. The van der Waals surface area contributed by atoms with Crippen molar-refractivity contribution in [3.8, 4) is 6.07 Å². The van der Waals surface area contributed by atoms with Crippen molar-refractivity contribution >= 4 is 39.9 Å². The molecule has 0 spiro atoms. The maximum absolute atomic E-state index is 13.2. The maximum Gasteiger partial charge on any atom is 0.337 e. The summed E-state index contributed by atoms with van der Waals surface area (Å²) in [6, 6.07) is 13.0. The zero-order valence-corrected chi connectivity index (χ0v) is 13.8. The summed E-state index contributed by atoms with van der Waals surface area (Å²) in [6.07, 6.45) is 0. The molecule has 0 aliphatic rings. The number of anilines is 1. The highest BCUT2D eigenvalue weighted by atomic mass is 35.5. The Morgan fingerprint density at radius 1 is 1.08 bits per heavy atom. The summed E-state index contributed by atoms with van der Waals surface area (Å²) in [5.74, 6) is -2.24. The highest BCUT2D eigenvalue weighted by Crippen LogP contribution is 2.26. The van der Waals surface area contributed by atoms with Crippen LogP contribution in [-0.4, -0.2) is 17.0 Å². The normalized spacial score (nSPS) is 10.3. The lowest BCUT2D eigenvalue weighted by molar-refractivity contribution is 0.0698. The van der Waals surface area contributed by atoms with E-state index < -0.39 is 11.9 Å². The second kappa shape index (κ2) is 6.82.